The van der Waals surface area contributed by atoms with E-state index in [0.717, 1.165) is 35.1 Å². The van der Waals surface area contributed by atoms with Crippen molar-refractivity contribution in [1.29, 1.82) is 0 Å². The predicted octanol–water partition coefficient (Wildman–Crippen LogP) is 3.05. The molecule has 9 nitrogen and oxygen atoms in total. The number of benzene rings is 2. The van der Waals surface area contributed by atoms with E-state index < -0.39 is 18.1 Å². The molecule has 0 radical (unpaired) electrons. The largest absolute Gasteiger partial charge is 0.478 e. The van der Waals surface area contributed by atoms with E-state index in [2.05, 4.69) is 27.9 Å². The number of amides is 2. The summed E-state index contributed by atoms with van der Waals surface area (Å²) >= 11 is 0. The number of aromatic carboxylic acids is 1. The Morgan fingerprint density at radius 3 is 2.31 bits per heavy atom. The fourth-order valence-electron chi connectivity index (χ4n) is 4.73. The smallest absolute Gasteiger partial charge is 0.407 e. The van der Waals surface area contributed by atoms with Crippen LogP contribution in [0.5, 0.6) is 0 Å². The predicted molar refractivity (Wildman–Crippen MR) is 127 cm³/mol. The van der Waals surface area contributed by atoms with Gasteiger partial charge >= 0.3 is 12.1 Å². The van der Waals surface area contributed by atoms with E-state index in [1.54, 1.807) is 7.05 Å². The lowest BCUT2D eigenvalue weighted by Crippen LogP contribution is -2.48. The standard InChI is InChI=1S/C26H26N4O5/c1-30-22(20(12-28-30)25(32)33)13-27-24(31)23(15-10-11-15)29-26(34)35-14-21-18-8-4-2-6-16(18)17-7-3-5-9-19(17)21/h2-9,12,15,21,23H,10-11,13-14H2,1H3,(H,27,31)(H,29,34)(H,32,33). The zero-order valence-corrected chi connectivity index (χ0v) is 19.2. The number of carboxylic acid groups (broad SMARTS) is 1. The topological polar surface area (TPSA) is 123 Å². The minimum absolute atomic E-state index is 0.00738. The quantitative estimate of drug-likeness (QED) is 0.461. The molecular weight excluding hydrogens is 448 g/mol. The lowest BCUT2D eigenvalue weighted by Gasteiger charge is -2.19. The molecule has 2 aliphatic carbocycles. The van der Waals surface area contributed by atoms with Crippen molar-refractivity contribution in [3.8, 4) is 11.1 Å². The highest BCUT2D eigenvalue weighted by atomic mass is 16.5. The van der Waals surface area contributed by atoms with Gasteiger partial charge in [-0.15, -0.1) is 0 Å². The molecule has 0 saturated heterocycles. The summed E-state index contributed by atoms with van der Waals surface area (Å²) in [6, 6.07) is 15.4. The molecule has 0 aliphatic heterocycles. The third-order valence-corrected chi connectivity index (χ3v) is 6.71. The highest BCUT2D eigenvalue weighted by Crippen LogP contribution is 2.44. The van der Waals surface area contributed by atoms with Crippen molar-refractivity contribution in [2.24, 2.45) is 13.0 Å². The van der Waals surface area contributed by atoms with E-state index in [1.807, 2.05) is 36.4 Å². The van der Waals surface area contributed by atoms with E-state index in [9.17, 15) is 19.5 Å². The van der Waals surface area contributed by atoms with Gasteiger partial charge in [0, 0.05) is 13.0 Å². The highest BCUT2D eigenvalue weighted by molar-refractivity contribution is 5.89. The van der Waals surface area contributed by atoms with E-state index in [-0.39, 0.29) is 36.5 Å². The lowest BCUT2D eigenvalue weighted by atomic mass is 9.98. The van der Waals surface area contributed by atoms with E-state index in [4.69, 9.17) is 4.74 Å². The number of carboxylic acids is 1. The molecule has 2 amide bonds. The van der Waals surface area contributed by atoms with Gasteiger partial charge in [0.2, 0.25) is 5.91 Å². The molecule has 3 N–H and O–H groups in total. The maximum absolute atomic E-state index is 12.9. The van der Waals surface area contributed by atoms with Gasteiger partial charge < -0.3 is 20.5 Å². The van der Waals surface area contributed by atoms with Crippen molar-refractivity contribution in [1.82, 2.24) is 20.4 Å². The van der Waals surface area contributed by atoms with Crippen LogP contribution in [0.1, 0.15) is 45.9 Å². The second-order valence-electron chi connectivity index (χ2n) is 8.94. The molecule has 1 atom stereocenters. The van der Waals surface area contributed by atoms with E-state index >= 15 is 0 Å². The molecule has 1 unspecified atom stereocenters. The van der Waals surface area contributed by atoms with E-state index in [1.165, 1.54) is 10.9 Å². The summed E-state index contributed by atoms with van der Waals surface area (Å²) in [4.78, 5) is 36.9. The van der Waals surface area contributed by atoms with Crippen molar-refractivity contribution >= 4 is 18.0 Å². The molecular formula is C26H26N4O5. The monoisotopic (exact) mass is 474 g/mol. The van der Waals surface area contributed by atoms with Crippen LogP contribution in [-0.2, 0) is 23.1 Å². The van der Waals surface area contributed by atoms with Gasteiger partial charge in [0.15, 0.2) is 0 Å². The van der Waals surface area contributed by atoms with Crippen LogP contribution in [0.3, 0.4) is 0 Å². The number of fused-ring (bicyclic) bond motifs is 3. The van der Waals surface area contributed by atoms with Gasteiger partial charge in [0.25, 0.3) is 0 Å². The number of nitrogens with zero attached hydrogens (tertiary/aromatic N) is 2. The molecule has 2 aliphatic rings. The molecule has 0 bridgehead atoms. The molecule has 1 aromatic heterocycles. The maximum Gasteiger partial charge on any atom is 0.407 e. The summed E-state index contributed by atoms with van der Waals surface area (Å²) in [6.07, 6.45) is 2.25. The van der Waals surface area contributed by atoms with Gasteiger partial charge in [-0.05, 0) is 41.0 Å². The van der Waals surface area contributed by atoms with Crippen molar-refractivity contribution in [2.75, 3.05) is 6.61 Å². The Labute approximate surface area is 202 Å². The second-order valence-corrected chi connectivity index (χ2v) is 8.94. The van der Waals surface area contributed by atoms with Gasteiger partial charge in [-0.2, -0.15) is 5.10 Å². The summed E-state index contributed by atoms with van der Waals surface area (Å²) in [7, 11) is 1.61. The van der Waals surface area contributed by atoms with Crippen LogP contribution >= 0.6 is 0 Å². The fraction of sp³-hybridized carbons (Fsp3) is 0.308. The Kier molecular flexibility index (Phi) is 5.98. The molecule has 1 heterocycles. The van der Waals surface area contributed by atoms with Crippen LogP contribution < -0.4 is 10.6 Å². The van der Waals surface area contributed by atoms with Crippen LogP contribution in [0.2, 0.25) is 0 Å². The summed E-state index contributed by atoms with van der Waals surface area (Å²) in [5.41, 5.74) is 4.92. The molecule has 3 aromatic rings. The number of hydrogen-bond acceptors (Lipinski definition) is 5. The number of ether oxygens (including phenoxy) is 1. The third-order valence-electron chi connectivity index (χ3n) is 6.71. The minimum Gasteiger partial charge on any atom is -0.478 e. The Bertz CT molecular complexity index is 1250. The number of rotatable bonds is 8. The number of carbonyl (C=O) groups is 3. The van der Waals surface area contributed by atoms with Crippen molar-refractivity contribution in [2.45, 2.75) is 31.3 Å². The number of alkyl carbamates (subject to hydrolysis) is 1. The molecule has 180 valence electrons. The van der Waals surface area contributed by atoms with Crippen molar-refractivity contribution < 1.29 is 24.2 Å². The summed E-state index contributed by atoms with van der Waals surface area (Å²) in [6.45, 7) is 0.155. The third kappa shape index (κ3) is 4.49. The van der Waals surface area contributed by atoms with Crippen LogP contribution in [0, 0.1) is 5.92 Å². The first-order valence-corrected chi connectivity index (χ1v) is 11.6. The first-order valence-electron chi connectivity index (χ1n) is 11.6. The molecule has 0 spiro atoms. The fourth-order valence-corrected chi connectivity index (χ4v) is 4.73. The number of carbonyl (C=O) groups excluding carboxylic acids is 2. The minimum atomic E-state index is -1.11. The van der Waals surface area contributed by atoms with Crippen LogP contribution in [-0.4, -0.2) is 45.5 Å². The Hall–Kier alpha value is -4.14. The molecule has 35 heavy (non-hydrogen) atoms. The first kappa shape index (κ1) is 22.6. The average molecular weight is 475 g/mol. The SMILES string of the molecule is Cn1ncc(C(=O)O)c1CNC(=O)C(NC(=O)OCC1c2ccccc2-c2ccccc21)C1CC1. The zero-order valence-electron chi connectivity index (χ0n) is 19.2. The first-order chi connectivity index (χ1) is 16.9. The molecule has 2 aromatic carbocycles. The number of hydrogen-bond donors (Lipinski definition) is 3. The van der Waals surface area contributed by atoms with E-state index in [0.29, 0.717) is 5.69 Å². The summed E-state index contributed by atoms with van der Waals surface area (Å²) < 4.78 is 7.01. The summed E-state index contributed by atoms with van der Waals surface area (Å²) in [5, 5.41) is 18.7. The van der Waals surface area contributed by atoms with Gasteiger partial charge in [-0.25, -0.2) is 9.59 Å². The summed E-state index contributed by atoms with van der Waals surface area (Å²) in [5.74, 6) is -1.53. The maximum atomic E-state index is 12.9. The molecule has 1 saturated carbocycles. The number of nitrogens with one attached hydrogen (secondary N) is 2. The number of aryl methyl sites for hydroxylation is 1. The van der Waals surface area contributed by atoms with Crippen LogP contribution in [0.25, 0.3) is 11.1 Å². The van der Waals surface area contributed by atoms with Gasteiger partial charge in [0.05, 0.1) is 18.4 Å². The molecule has 9 heteroatoms. The molecule has 1 fully saturated rings. The highest BCUT2D eigenvalue weighted by Gasteiger charge is 2.38. The normalized spacial score (nSPS) is 15.1. The van der Waals surface area contributed by atoms with Crippen LogP contribution in [0.4, 0.5) is 4.79 Å². The Morgan fingerprint density at radius 1 is 1.09 bits per heavy atom. The van der Waals surface area contributed by atoms with Crippen LogP contribution in [0.15, 0.2) is 54.7 Å². The zero-order chi connectivity index (χ0) is 24.5. The lowest BCUT2D eigenvalue weighted by molar-refractivity contribution is -0.123. The molecule has 5 rings (SSSR count). The van der Waals surface area contributed by atoms with Gasteiger partial charge in [0.1, 0.15) is 18.2 Å². The Morgan fingerprint density at radius 2 is 1.71 bits per heavy atom. The van der Waals surface area contributed by atoms with Crippen molar-refractivity contribution in [3.05, 3.63) is 77.1 Å². The second kappa shape index (κ2) is 9.25. The van der Waals surface area contributed by atoms with Crippen molar-refractivity contribution in [3.63, 3.8) is 0 Å². The van der Waals surface area contributed by atoms with Gasteiger partial charge in [-0.1, -0.05) is 48.5 Å². The van der Waals surface area contributed by atoms with Gasteiger partial charge in [-0.3, -0.25) is 9.48 Å². The average Bonchev–Trinajstić information content (AvgIpc) is 3.55. The number of aromatic nitrogens is 2. The Balaban J connectivity index is 1.22.